The van der Waals surface area contributed by atoms with Gasteiger partial charge in [0.2, 0.25) is 5.91 Å². The predicted octanol–water partition coefficient (Wildman–Crippen LogP) is 1.76. The highest BCUT2D eigenvalue weighted by Crippen LogP contribution is 2.56. The summed E-state index contributed by atoms with van der Waals surface area (Å²) in [6.07, 6.45) is 5.51. The Balaban J connectivity index is 1.37. The average molecular weight is 335 g/mol. The smallest absolute Gasteiger partial charge is 0.407 e. The molecule has 3 heterocycles. The molecule has 2 amide bonds. The van der Waals surface area contributed by atoms with E-state index in [-0.39, 0.29) is 16.7 Å². The summed E-state index contributed by atoms with van der Waals surface area (Å²) in [7, 11) is 0. The highest BCUT2D eigenvalue weighted by Gasteiger charge is 2.58. The van der Waals surface area contributed by atoms with E-state index in [9.17, 15) is 14.7 Å². The quantitative estimate of drug-likeness (QED) is 0.806. The zero-order chi connectivity index (χ0) is 16.9. The number of hydrogen-bond donors (Lipinski definition) is 2. The molecule has 2 N–H and O–H groups in total. The van der Waals surface area contributed by atoms with Crippen LogP contribution in [0.1, 0.15) is 45.4 Å². The molecule has 3 atom stereocenters. The van der Waals surface area contributed by atoms with Gasteiger partial charge in [-0.15, -0.1) is 0 Å². The van der Waals surface area contributed by atoms with Crippen molar-refractivity contribution in [3.05, 3.63) is 0 Å². The Morgan fingerprint density at radius 3 is 2.58 bits per heavy atom. The molecule has 3 saturated heterocycles. The van der Waals surface area contributed by atoms with Crippen LogP contribution in [-0.2, 0) is 4.79 Å². The lowest BCUT2D eigenvalue weighted by molar-refractivity contribution is -0.120. The third-order valence-electron chi connectivity index (χ3n) is 7.49. The normalized spacial score (nSPS) is 38.5. The lowest BCUT2D eigenvalue weighted by Gasteiger charge is -2.58. The maximum Gasteiger partial charge on any atom is 0.407 e. The number of rotatable bonds is 2. The first-order valence-corrected chi connectivity index (χ1v) is 9.46. The van der Waals surface area contributed by atoms with Gasteiger partial charge in [0.05, 0.1) is 0 Å². The third-order valence-corrected chi connectivity index (χ3v) is 7.49. The maximum absolute atomic E-state index is 11.6. The van der Waals surface area contributed by atoms with Gasteiger partial charge < -0.3 is 20.2 Å². The van der Waals surface area contributed by atoms with Crippen LogP contribution in [-0.4, -0.2) is 65.7 Å². The maximum atomic E-state index is 11.6. The predicted molar refractivity (Wildman–Crippen MR) is 89.7 cm³/mol. The van der Waals surface area contributed by atoms with Crippen LogP contribution in [0.3, 0.4) is 0 Å². The van der Waals surface area contributed by atoms with E-state index < -0.39 is 6.09 Å². The SMILES string of the molecule is CCC1C(N2CCC3(CC2)CNC(=O)C3)CC12CCN(C(=O)O)C2. The fourth-order valence-electron chi connectivity index (χ4n) is 6.01. The van der Waals surface area contributed by atoms with Crippen molar-refractivity contribution >= 4 is 12.0 Å². The Labute approximate surface area is 143 Å². The zero-order valence-corrected chi connectivity index (χ0v) is 14.6. The second-order valence-electron chi connectivity index (χ2n) is 8.59. The van der Waals surface area contributed by atoms with E-state index in [1.54, 1.807) is 4.90 Å². The average Bonchev–Trinajstić information content (AvgIpc) is 3.13. The van der Waals surface area contributed by atoms with Crippen molar-refractivity contribution in [1.29, 1.82) is 0 Å². The van der Waals surface area contributed by atoms with E-state index in [0.29, 0.717) is 24.9 Å². The van der Waals surface area contributed by atoms with Gasteiger partial charge in [-0.05, 0) is 55.5 Å². The molecule has 0 bridgehead atoms. The Morgan fingerprint density at radius 1 is 1.29 bits per heavy atom. The third kappa shape index (κ3) is 2.41. The summed E-state index contributed by atoms with van der Waals surface area (Å²) >= 11 is 0. The molecule has 4 rings (SSSR count). The van der Waals surface area contributed by atoms with E-state index in [1.807, 2.05) is 0 Å². The minimum Gasteiger partial charge on any atom is -0.465 e. The van der Waals surface area contributed by atoms with E-state index in [4.69, 9.17) is 0 Å². The number of nitrogens with zero attached hydrogens (tertiary/aromatic N) is 2. The molecule has 24 heavy (non-hydrogen) atoms. The molecule has 1 saturated carbocycles. The lowest BCUT2D eigenvalue weighted by Crippen LogP contribution is -2.62. The van der Waals surface area contributed by atoms with Crippen LogP contribution in [0.5, 0.6) is 0 Å². The van der Waals surface area contributed by atoms with Crippen LogP contribution >= 0.6 is 0 Å². The van der Waals surface area contributed by atoms with Gasteiger partial charge in [-0.1, -0.05) is 13.3 Å². The summed E-state index contributed by atoms with van der Waals surface area (Å²) in [5, 5.41) is 12.3. The number of nitrogens with one attached hydrogen (secondary N) is 1. The van der Waals surface area contributed by atoms with Crippen molar-refractivity contribution in [2.45, 2.75) is 51.5 Å². The molecule has 2 spiro atoms. The van der Waals surface area contributed by atoms with Crippen LogP contribution in [0.2, 0.25) is 0 Å². The molecule has 3 unspecified atom stereocenters. The molecule has 4 aliphatic rings. The topological polar surface area (TPSA) is 72.9 Å². The van der Waals surface area contributed by atoms with Crippen molar-refractivity contribution < 1.29 is 14.7 Å². The fraction of sp³-hybridized carbons (Fsp3) is 0.889. The highest BCUT2D eigenvalue weighted by molar-refractivity contribution is 5.79. The number of piperidine rings is 1. The number of amides is 2. The van der Waals surface area contributed by atoms with Crippen molar-refractivity contribution in [2.24, 2.45) is 16.7 Å². The van der Waals surface area contributed by atoms with Gasteiger partial charge in [0, 0.05) is 32.1 Å². The number of carboxylic acid groups (broad SMARTS) is 1. The van der Waals surface area contributed by atoms with E-state index in [0.717, 1.165) is 58.3 Å². The number of likely N-dealkylation sites (tertiary alicyclic amines) is 2. The second-order valence-corrected chi connectivity index (χ2v) is 8.59. The van der Waals surface area contributed by atoms with Crippen molar-refractivity contribution in [1.82, 2.24) is 15.1 Å². The van der Waals surface area contributed by atoms with Crippen LogP contribution in [0.4, 0.5) is 4.79 Å². The second kappa shape index (κ2) is 5.61. The van der Waals surface area contributed by atoms with E-state index >= 15 is 0 Å². The summed E-state index contributed by atoms with van der Waals surface area (Å²) in [6.45, 7) is 6.73. The molecule has 3 aliphatic heterocycles. The Bertz CT molecular complexity index is 544. The van der Waals surface area contributed by atoms with Gasteiger partial charge in [0.1, 0.15) is 0 Å². The van der Waals surface area contributed by atoms with Crippen LogP contribution in [0.15, 0.2) is 0 Å². The number of carbonyl (C=O) groups is 2. The van der Waals surface area contributed by atoms with Crippen molar-refractivity contribution in [3.8, 4) is 0 Å². The van der Waals surface area contributed by atoms with Crippen molar-refractivity contribution in [3.63, 3.8) is 0 Å². The molecule has 1 aliphatic carbocycles. The first-order valence-electron chi connectivity index (χ1n) is 9.46. The van der Waals surface area contributed by atoms with E-state index in [2.05, 4.69) is 17.1 Å². The van der Waals surface area contributed by atoms with Gasteiger partial charge in [-0.2, -0.15) is 0 Å². The van der Waals surface area contributed by atoms with Crippen LogP contribution in [0, 0.1) is 16.7 Å². The molecular weight excluding hydrogens is 306 g/mol. The van der Waals surface area contributed by atoms with Crippen molar-refractivity contribution in [2.75, 3.05) is 32.7 Å². The molecule has 0 aromatic heterocycles. The fourth-order valence-corrected chi connectivity index (χ4v) is 6.01. The largest absolute Gasteiger partial charge is 0.465 e. The molecular formula is C18H29N3O3. The first kappa shape index (κ1) is 16.2. The van der Waals surface area contributed by atoms with Gasteiger partial charge in [0.15, 0.2) is 0 Å². The van der Waals surface area contributed by atoms with E-state index in [1.165, 1.54) is 0 Å². The van der Waals surface area contributed by atoms with Gasteiger partial charge in [0.25, 0.3) is 0 Å². The lowest BCUT2D eigenvalue weighted by atomic mass is 9.54. The molecule has 6 heteroatoms. The Morgan fingerprint density at radius 2 is 2.04 bits per heavy atom. The number of carbonyl (C=O) groups excluding carboxylic acids is 1. The summed E-state index contributed by atoms with van der Waals surface area (Å²) in [4.78, 5) is 27.1. The number of hydrogen-bond acceptors (Lipinski definition) is 3. The first-order chi connectivity index (χ1) is 11.5. The summed E-state index contributed by atoms with van der Waals surface area (Å²) in [5.41, 5.74) is 0.446. The standard InChI is InChI=1S/C18H29N3O3/c1-2-13-14(9-18(13)5-8-21(12-18)16(23)24)20-6-3-17(4-7-20)10-15(22)19-11-17/h13-14H,2-12H2,1H3,(H,19,22)(H,23,24). The molecule has 6 nitrogen and oxygen atoms in total. The summed E-state index contributed by atoms with van der Waals surface area (Å²) in [5.74, 6) is 0.844. The Kier molecular flexibility index (Phi) is 3.79. The molecule has 134 valence electrons. The van der Waals surface area contributed by atoms with Crippen LogP contribution in [0.25, 0.3) is 0 Å². The molecule has 0 aromatic rings. The molecule has 4 fully saturated rings. The summed E-state index contributed by atoms with van der Waals surface area (Å²) < 4.78 is 0. The van der Waals surface area contributed by atoms with Gasteiger partial charge >= 0.3 is 6.09 Å². The molecule has 0 aromatic carbocycles. The van der Waals surface area contributed by atoms with Crippen LogP contribution < -0.4 is 5.32 Å². The van der Waals surface area contributed by atoms with Gasteiger partial charge in [-0.3, -0.25) is 4.79 Å². The Hall–Kier alpha value is -1.30. The van der Waals surface area contributed by atoms with Gasteiger partial charge in [-0.25, -0.2) is 4.79 Å². The monoisotopic (exact) mass is 335 g/mol. The highest BCUT2D eigenvalue weighted by atomic mass is 16.4. The zero-order valence-electron chi connectivity index (χ0n) is 14.6. The minimum absolute atomic E-state index is 0.212. The summed E-state index contributed by atoms with van der Waals surface area (Å²) in [6, 6.07) is 0.617. The molecule has 0 radical (unpaired) electrons. The minimum atomic E-state index is -0.761.